The van der Waals surface area contributed by atoms with Crippen LogP contribution in [0.15, 0.2) is 72.9 Å². The van der Waals surface area contributed by atoms with E-state index in [1.54, 1.807) is 12.1 Å². The molecule has 6 rings (SSSR count). The van der Waals surface area contributed by atoms with E-state index in [0.717, 1.165) is 73.7 Å². The molecule has 5 aromatic rings. The number of benzene rings is 3. The molecule has 2 aromatic heterocycles. The number of hydrogen-bond acceptors (Lipinski definition) is 8. The van der Waals surface area contributed by atoms with Crippen LogP contribution in [0.2, 0.25) is 0 Å². The van der Waals surface area contributed by atoms with Gasteiger partial charge in [-0.25, -0.2) is 9.78 Å². The van der Waals surface area contributed by atoms with Gasteiger partial charge in [0.1, 0.15) is 5.82 Å². The maximum Gasteiger partial charge on any atom is 0.417 e. The number of nitrogens with zero attached hydrogens (tertiary/aromatic N) is 2. The highest BCUT2D eigenvalue weighted by Crippen LogP contribution is 2.52. The minimum Gasteiger partial charge on any atom is -0.479 e. The smallest absolute Gasteiger partial charge is 0.417 e. The van der Waals surface area contributed by atoms with Crippen molar-refractivity contribution in [1.82, 2.24) is 4.98 Å². The molecule has 3 heterocycles. The number of carboxylic acid groups (broad SMARTS) is 1. The first kappa shape index (κ1) is 39.5. The predicted octanol–water partition coefficient (Wildman–Crippen LogP) is 10.5. The minimum absolute atomic E-state index is 0.0421. The number of rotatable bonds is 9. The maximum absolute atomic E-state index is 13.6. The molecule has 0 aliphatic carbocycles. The van der Waals surface area contributed by atoms with Crippen molar-refractivity contribution in [3.63, 3.8) is 0 Å². The molecule has 1 aliphatic heterocycles. The highest BCUT2D eigenvalue weighted by atomic mass is 32.2. The molecule has 9 nitrogen and oxygen atoms in total. The molecule has 286 valence electrons. The number of carbonyl (C=O) groups excluding carboxylic acids is 2. The zero-order valence-electron chi connectivity index (χ0n) is 31.1. The molecule has 3 N–H and O–H groups in total. The lowest BCUT2D eigenvalue weighted by atomic mass is 9.80. The molecule has 0 unspecified atom stereocenters. The van der Waals surface area contributed by atoms with Crippen LogP contribution in [-0.2, 0) is 22.3 Å². The fourth-order valence-corrected chi connectivity index (χ4v) is 8.15. The van der Waals surface area contributed by atoms with Crippen LogP contribution < -0.4 is 14.9 Å². The summed E-state index contributed by atoms with van der Waals surface area (Å²) in [4.78, 5) is 43.2. The first-order valence-electron chi connectivity index (χ1n) is 17.2. The minimum atomic E-state index is -4.55. The summed E-state index contributed by atoms with van der Waals surface area (Å²) < 4.78 is 47.0. The summed E-state index contributed by atoms with van der Waals surface area (Å²) >= 11 is 2.51. The highest BCUT2D eigenvalue weighted by Gasteiger charge is 2.37. The van der Waals surface area contributed by atoms with Crippen LogP contribution >= 0.6 is 23.3 Å². The summed E-state index contributed by atoms with van der Waals surface area (Å²) in [6.07, 6.45) is -3.19. The van der Waals surface area contributed by atoms with Crippen molar-refractivity contribution in [3.8, 4) is 22.3 Å². The van der Waals surface area contributed by atoms with E-state index in [4.69, 9.17) is 4.74 Å². The van der Waals surface area contributed by atoms with Gasteiger partial charge in [-0.1, -0.05) is 47.8 Å². The molecule has 0 spiro atoms. The summed E-state index contributed by atoms with van der Waals surface area (Å²) in [5, 5.41) is 16.3. The van der Waals surface area contributed by atoms with Crippen molar-refractivity contribution in [2.75, 3.05) is 21.2 Å². The number of thiophene rings is 1. The summed E-state index contributed by atoms with van der Waals surface area (Å²) in [5.41, 5.74) is 7.38. The molecule has 0 fully saturated rings. The summed E-state index contributed by atoms with van der Waals surface area (Å²) in [6.45, 7) is 11.9. The number of aryl methyl sites for hydroxylation is 1. The second-order valence-electron chi connectivity index (χ2n) is 14.2. The number of anilines is 3. The maximum atomic E-state index is 13.6. The van der Waals surface area contributed by atoms with Crippen molar-refractivity contribution in [1.29, 1.82) is 0 Å². The average molecular weight is 789 g/mol. The van der Waals surface area contributed by atoms with Crippen LogP contribution in [0.1, 0.15) is 80.3 Å². The second kappa shape index (κ2) is 15.2. The molecular weight excluding hydrogens is 750 g/mol. The topological polar surface area (TPSA) is 121 Å². The van der Waals surface area contributed by atoms with E-state index in [1.165, 1.54) is 18.0 Å². The van der Waals surface area contributed by atoms with E-state index in [2.05, 4.69) is 19.9 Å². The summed E-state index contributed by atoms with van der Waals surface area (Å²) in [6, 6.07) is 18.5. The Morgan fingerprint density at radius 2 is 1.62 bits per heavy atom. The van der Waals surface area contributed by atoms with Gasteiger partial charge in [0, 0.05) is 29.1 Å². The van der Waals surface area contributed by atoms with Gasteiger partial charge in [-0.2, -0.15) is 13.2 Å². The van der Waals surface area contributed by atoms with E-state index < -0.39 is 41.2 Å². The van der Waals surface area contributed by atoms with Crippen molar-refractivity contribution in [2.24, 2.45) is 0 Å². The van der Waals surface area contributed by atoms with Crippen LogP contribution in [0.5, 0.6) is 0 Å². The number of ether oxygens (including phenoxy) is 1. The van der Waals surface area contributed by atoms with E-state index in [1.807, 2.05) is 84.2 Å². The summed E-state index contributed by atoms with van der Waals surface area (Å²) in [7, 11) is 0. The predicted molar refractivity (Wildman–Crippen MR) is 212 cm³/mol. The van der Waals surface area contributed by atoms with Gasteiger partial charge < -0.3 is 24.8 Å². The highest BCUT2D eigenvalue weighted by molar-refractivity contribution is 7.99. The van der Waals surface area contributed by atoms with Crippen LogP contribution in [0, 0.1) is 20.8 Å². The van der Waals surface area contributed by atoms with E-state index in [0.29, 0.717) is 28.9 Å². The average Bonchev–Trinajstić information content (AvgIpc) is 3.59. The van der Waals surface area contributed by atoms with Gasteiger partial charge in [-0.05, 0) is 111 Å². The van der Waals surface area contributed by atoms with E-state index >= 15 is 0 Å². The number of amides is 2. The molecule has 14 heteroatoms. The van der Waals surface area contributed by atoms with Gasteiger partial charge in [0.05, 0.1) is 33.3 Å². The SMILES string of the molecule is CSN1Cc2cc(C(=O)Nc3ccc(C(=O)Nc4ccc(C(F)(F)F)cn4)s3)ccc2-c2c(C)c(-c3ccc(C)cc3)c([C@H](OC(C)(C)C)C(=O)O)c(C)c21. The third-order valence-electron chi connectivity index (χ3n) is 9.13. The van der Waals surface area contributed by atoms with Crippen molar-refractivity contribution >= 4 is 57.6 Å². The van der Waals surface area contributed by atoms with Gasteiger partial charge in [-0.15, -0.1) is 11.3 Å². The van der Waals surface area contributed by atoms with Crippen LogP contribution in [0.4, 0.5) is 29.7 Å². The lowest BCUT2D eigenvalue weighted by molar-refractivity contribution is -0.160. The Hall–Kier alpha value is -5.18. The Morgan fingerprint density at radius 3 is 2.22 bits per heavy atom. The number of pyridine rings is 1. The van der Waals surface area contributed by atoms with Crippen molar-refractivity contribution in [2.45, 2.75) is 66.0 Å². The number of halogens is 3. The number of carboxylic acids is 1. The Balaban J connectivity index is 1.33. The molecule has 2 amide bonds. The standard InChI is InChI=1S/C41H39F3N4O5S2/c1-21-8-10-24(11-9-21)32-22(2)33-28-14-12-25(18-26(28)20-48(54-7)35(33)23(3)34(32)36(39(51)52)53-40(4,5)6)37(49)47-31-17-15-29(55-31)38(50)46-30-16-13-27(19-45-30)41(42,43)44/h8-19,36H,20H2,1-7H3,(H,47,49)(H,51,52)(H,45,46,50)/t36-/m0/s1. The van der Waals surface area contributed by atoms with E-state index in [9.17, 15) is 32.7 Å². The number of fused-ring (bicyclic) bond motifs is 3. The Kier molecular flexibility index (Phi) is 10.9. The number of hydrogen-bond donors (Lipinski definition) is 3. The van der Waals surface area contributed by atoms with Gasteiger partial charge in [0.25, 0.3) is 11.8 Å². The molecule has 0 bridgehead atoms. The molecule has 3 aromatic carbocycles. The first-order chi connectivity index (χ1) is 25.9. The zero-order valence-corrected chi connectivity index (χ0v) is 32.8. The number of aliphatic carboxylic acids is 1. The molecule has 1 atom stereocenters. The van der Waals surface area contributed by atoms with Crippen molar-refractivity contribution in [3.05, 3.63) is 117 Å². The first-order valence-corrected chi connectivity index (χ1v) is 19.2. The number of alkyl halides is 3. The fourth-order valence-electron chi connectivity index (χ4n) is 6.68. The van der Waals surface area contributed by atoms with Gasteiger partial charge in [0.2, 0.25) is 0 Å². The van der Waals surface area contributed by atoms with Crippen LogP contribution in [-0.4, -0.2) is 39.7 Å². The molecule has 0 saturated heterocycles. The van der Waals surface area contributed by atoms with Gasteiger partial charge >= 0.3 is 12.1 Å². The molecule has 0 radical (unpaired) electrons. The Bertz CT molecular complexity index is 2300. The molecule has 55 heavy (non-hydrogen) atoms. The molecule has 0 saturated carbocycles. The normalized spacial score (nSPS) is 13.2. The Morgan fingerprint density at radius 1 is 0.909 bits per heavy atom. The summed E-state index contributed by atoms with van der Waals surface area (Å²) in [5.74, 6) is -2.10. The van der Waals surface area contributed by atoms with E-state index in [-0.39, 0.29) is 10.7 Å². The molecular formula is C41H39F3N4O5S2. The lowest BCUT2D eigenvalue weighted by Crippen LogP contribution is -2.29. The third kappa shape index (κ3) is 8.26. The lowest BCUT2D eigenvalue weighted by Gasteiger charge is -2.37. The van der Waals surface area contributed by atoms with Crippen LogP contribution in [0.25, 0.3) is 22.3 Å². The fraction of sp³-hybridized carbons (Fsp3) is 0.268. The van der Waals surface area contributed by atoms with Crippen LogP contribution in [0.3, 0.4) is 0 Å². The van der Waals surface area contributed by atoms with Gasteiger partial charge in [-0.3, -0.25) is 9.59 Å². The second-order valence-corrected chi connectivity index (χ2v) is 16.1. The van der Waals surface area contributed by atoms with Crippen molar-refractivity contribution < 1.29 is 37.4 Å². The Labute approximate surface area is 325 Å². The number of aromatic nitrogens is 1. The zero-order chi connectivity index (χ0) is 40.0. The van der Waals surface area contributed by atoms with Gasteiger partial charge in [0.15, 0.2) is 6.10 Å². The largest absolute Gasteiger partial charge is 0.479 e. The quantitative estimate of drug-likeness (QED) is 0.126. The third-order valence-corrected chi connectivity index (χ3v) is 10.9. The molecule has 1 aliphatic rings. The monoisotopic (exact) mass is 788 g/mol. The number of nitrogens with one attached hydrogen (secondary N) is 2. The number of carbonyl (C=O) groups is 3.